The number of rotatable bonds is 3. The quantitative estimate of drug-likeness (QED) is 0.673. The van der Waals surface area contributed by atoms with E-state index in [0.717, 1.165) is 4.88 Å². The van der Waals surface area contributed by atoms with Gasteiger partial charge < -0.3 is 0 Å². The van der Waals surface area contributed by atoms with Crippen molar-refractivity contribution >= 4 is 29.2 Å². The molecule has 1 aromatic heterocycles. The molecule has 0 aliphatic carbocycles. The highest BCUT2D eigenvalue weighted by molar-refractivity contribution is 7.10. The van der Waals surface area contributed by atoms with Crippen LogP contribution in [0.2, 0.25) is 0 Å². The predicted octanol–water partition coefficient (Wildman–Crippen LogP) is 2.36. The maximum atomic E-state index is 12.7. The topological polar surface area (TPSA) is 58.2 Å². The fourth-order valence-corrected chi connectivity index (χ4v) is 2.00. The lowest BCUT2D eigenvalue weighted by atomic mass is 10.2. The van der Waals surface area contributed by atoms with Crippen molar-refractivity contribution < 1.29 is 14.0 Å². The standard InChI is InChI=1S/C14H11FN2O2S/c15-11-5-3-10(4-6-11)14(19)17-16-13(18)8-7-12-2-1-9-20-12/h1-9H,(H,16,18)(H,17,19). The van der Waals surface area contributed by atoms with E-state index in [-0.39, 0.29) is 5.56 Å². The number of hydrogen-bond acceptors (Lipinski definition) is 3. The molecular weight excluding hydrogens is 279 g/mol. The van der Waals surface area contributed by atoms with Crippen molar-refractivity contribution in [2.45, 2.75) is 0 Å². The van der Waals surface area contributed by atoms with Gasteiger partial charge in [-0.3, -0.25) is 20.4 Å². The summed E-state index contributed by atoms with van der Waals surface area (Å²) < 4.78 is 12.7. The van der Waals surface area contributed by atoms with Gasteiger partial charge in [-0.25, -0.2) is 4.39 Å². The lowest BCUT2D eigenvalue weighted by Crippen LogP contribution is -2.40. The van der Waals surface area contributed by atoms with E-state index in [1.54, 1.807) is 6.08 Å². The molecule has 6 heteroatoms. The minimum Gasteiger partial charge on any atom is -0.268 e. The second kappa shape index (κ2) is 6.63. The van der Waals surface area contributed by atoms with Crippen molar-refractivity contribution in [3.05, 3.63) is 64.1 Å². The van der Waals surface area contributed by atoms with Crippen molar-refractivity contribution in [2.24, 2.45) is 0 Å². The van der Waals surface area contributed by atoms with E-state index in [1.165, 1.54) is 41.7 Å². The van der Waals surface area contributed by atoms with Crippen LogP contribution in [0.1, 0.15) is 15.2 Å². The van der Waals surface area contributed by atoms with Gasteiger partial charge >= 0.3 is 0 Å². The Kier molecular flexibility index (Phi) is 4.62. The Bertz CT molecular complexity index is 621. The second-order valence-electron chi connectivity index (χ2n) is 3.80. The van der Waals surface area contributed by atoms with Crippen LogP contribution >= 0.6 is 11.3 Å². The van der Waals surface area contributed by atoms with Gasteiger partial charge in [0.05, 0.1) is 0 Å². The Morgan fingerprint density at radius 1 is 1.10 bits per heavy atom. The fraction of sp³-hybridized carbons (Fsp3) is 0. The van der Waals surface area contributed by atoms with Gasteiger partial charge in [0.2, 0.25) is 0 Å². The van der Waals surface area contributed by atoms with Gasteiger partial charge in [-0.15, -0.1) is 11.3 Å². The number of nitrogens with one attached hydrogen (secondary N) is 2. The van der Waals surface area contributed by atoms with Crippen molar-refractivity contribution in [1.29, 1.82) is 0 Å². The zero-order chi connectivity index (χ0) is 14.4. The average molecular weight is 290 g/mol. The van der Waals surface area contributed by atoms with Gasteiger partial charge in [-0.1, -0.05) is 6.07 Å². The Balaban J connectivity index is 1.84. The summed E-state index contributed by atoms with van der Waals surface area (Å²) in [6.07, 6.45) is 2.96. The van der Waals surface area contributed by atoms with Crippen LogP contribution in [0.15, 0.2) is 47.9 Å². The van der Waals surface area contributed by atoms with Crippen LogP contribution in [0, 0.1) is 5.82 Å². The summed E-state index contributed by atoms with van der Waals surface area (Å²) >= 11 is 1.50. The van der Waals surface area contributed by atoms with E-state index < -0.39 is 17.6 Å². The zero-order valence-electron chi connectivity index (χ0n) is 10.3. The van der Waals surface area contributed by atoms with E-state index >= 15 is 0 Å². The molecule has 2 N–H and O–H groups in total. The maximum Gasteiger partial charge on any atom is 0.269 e. The molecule has 0 fully saturated rings. The fourth-order valence-electron chi connectivity index (χ4n) is 1.38. The summed E-state index contributed by atoms with van der Waals surface area (Å²) in [7, 11) is 0. The van der Waals surface area contributed by atoms with E-state index in [0.29, 0.717) is 0 Å². The molecule has 0 unspecified atom stereocenters. The number of carbonyl (C=O) groups is 2. The summed E-state index contributed by atoms with van der Waals surface area (Å²) in [5, 5.41) is 1.90. The average Bonchev–Trinajstić information content (AvgIpc) is 2.96. The van der Waals surface area contributed by atoms with Crippen LogP contribution in [0.5, 0.6) is 0 Å². The Morgan fingerprint density at radius 3 is 2.50 bits per heavy atom. The van der Waals surface area contributed by atoms with Crippen molar-refractivity contribution in [3.8, 4) is 0 Å². The smallest absolute Gasteiger partial charge is 0.268 e. The van der Waals surface area contributed by atoms with Crippen LogP contribution < -0.4 is 10.9 Å². The Labute approximate surface area is 118 Å². The van der Waals surface area contributed by atoms with Crippen LogP contribution in [-0.2, 0) is 4.79 Å². The molecule has 20 heavy (non-hydrogen) atoms. The lowest BCUT2D eigenvalue weighted by molar-refractivity contribution is -0.117. The summed E-state index contributed by atoms with van der Waals surface area (Å²) in [5.41, 5.74) is 4.74. The zero-order valence-corrected chi connectivity index (χ0v) is 11.1. The Hall–Kier alpha value is -2.47. The first-order chi connectivity index (χ1) is 9.65. The van der Waals surface area contributed by atoms with Crippen molar-refractivity contribution in [2.75, 3.05) is 0 Å². The molecule has 1 aromatic carbocycles. The molecule has 102 valence electrons. The van der Waals surface area contributed by atoms with Gasteiger partial charge in [0, 0.05) is 16.5 Å². The van der Waals surface area contributed by atoms with E-state index in [4.69, 9.17) is 0 Å². The van der Waals surface area contributed by atoms with Crippen molar-refractivity contribution in [1.82, 2.24) is 10.9 Å². The number of hydrazine groups is 1. The molecule has 2 amide bonds. The molecule has 0 atom stereocenters. The summed E-state index contributed by atoms with van der Waals surface area (Å²) in [6.45, 7) is 0. The summed E-state index contributed by atoms with van der Waals surface area (Å²) in [4.78, 5) is 24.0. The van der Waals surface area contributed by atoms with Gasteiger partial charge in [0.25, 0.3) is 11.8 Å². The third kappa shape index (κ3) is 4.03. The molecule has 0 saturated heterocycles. The van der Waals surface area contributed by atoms with Crippen LogP contribution in [0.3, 0.4) is 0 Å². The molecule has 0 aliphatic rings. The van der Waals surface area contributed by atoms with Gasteiger partial charge in [0.15, 0.2) is 0 Å². The van der Waals surface area contributed by atoms with E-state index in [1.807, 2.05) is 17.5 Å². The molecule has 1 heterocycles. The van der Waals surface area contributed by atoms with Crippen LogP contribution in [0.25, 0.3) is 6.08 Å². The second-order valence-corrected chi connectivity index (χ2v) is 4.78. The molecule has 0 saturated carbocycles. The normalized spacial score (nSPS) is 10.4. The highest BCUT2D eigenvalue weighted by Gasteiger charge is 2.05. The molecule has 0 radical (unpaired) electrons. The minimum absolute atomic E-state index is 0.258. The summed E-state index contributed by atoms with van der Waals surface area (Å²) in [5.74, 6) is -1.39. The predicted molar refractivity (Wildman–Crippen MR) is 75.4 cm³/mol. The monoisotopic (exact) mass is 290 g/mol. The summed E-state index contributed by atoms with van der Waals surface area (Å²) in [6, 6.07) is 8.75. The first-order valence-corrected chi connectivity index (χ1v) is 6.60. The minimum atomic E-state index is -0.511. The number of halogens is 1. The molecular formula is C14H11FN2O2S. The number of amides is 2. The molecule has 0 bridgehead atoms. The largest absolute Gasteiger partial charge is 0.269 e. The first kappa shape index (κ1) is 14.0. The highest BCUT2D eigenvalue weighted by atomic mass is 32.1. The van der Waals surface area contributed by atoms with E-state index in [9.17, 15) is 14.0 Å². The van der Waals surface area contributed by atoms with Crippen LogP contribution in [0.4, 0.5) is 4.39 Å². The molecule has 2 aromatic rings. The first-order valence-electron chi connectivity index (χ1n) is 5.72. The maximum absolute atomic E-state index is 12.7. The SMILES string of the molecule is O=C(C=Cc1cccs1)NNC(=O)c1ccc(F)cc1. The van der Waals surface area contributed by atoms with Crippen LogP contribution in [-0.4, -0.2) is 11.8 Å². The molecule has 0 aliphatic heterocycles. The lowest BCUT2D eigenvalue weighted by Gasteiger charge is -2.04. The van der Waals surface area contributed by atoms with Gasteiger partial charge in [-0.05, 0) is 41.8 Å². The number of thiophene rings is 1. The van der Waals surface area contributed by atoms with E-state index in [2.05, 4.69) is 10.9 Å². The number of carbonyl (C=O) groups excluding carboxylic acids is 2. The number of hydrogen-bond donors (Lipinski definition) is 2. The van der Waals surface area contributed by atoms with Crippen molar-refractivity contribution in [3.63, 3.8) is 0 Å². The molecule has 0 spiro atoms. The van der Waals surface area contributed by atoms with Gasteiger partial charge in [0.1, 0.15) is 5.82 Å². The third-order valence-corrected chi connectivity index (χ3v) is 3.19. The molecule has 4 nitrogen and oxygen atoms in total. The van der Waals surface area contributed by atoms with Gasteiger partial charge in [-0.2, -0.15) is 0 Å². The Morgan fingerprint density at radius 2 is 1.85 bits per heavy atom. The highest BCUT2D eigenvalue weighted by Crippen LogP contribution is 2.09. The number of benzene rings is 1. The molecule has 2 rings (SSSR count). The third-order valence-electron chi connectivity index (χ3n) is 2.35.